The molecule has 0 aliphatic carbocycles. The minimum Gasteiger partial charge on any atom is -0.466 e. The Hall–Kier alpha value is -1.39. The van der Waals surface area contributed by atoms with Crippen LogP contribution in [0.5, 0.6) is 0 Å². The van der Waals surface area contributed by atoms with Crippen LogP contribution in [-0.2, 0) is 16.1 Å². The van der Waals surface area contributed by atoms with Crippen molar-refractivity contribution in [1.82, 2.24) is 14.8 Å². The van der Waals surface area contributed by atoms with Gasteiger partial charge in [-0.3, -0.25) is 4.79 Å². The summed E-state index contributed by atoms with van der Waals surface area (Å²) < 4.78 is 6.48. The number of hydrogen-bond acceptors (Lipinski definition) is 4. The smallest absolute Gasteiger partial charge is 0.307 e. The van der Waals surface area contributed by atoms with E-state index in [1.165, 1.54) is 0 Å². The van der Waals surface area contributed by atoms with Crippen LogP contribution < -0.4 is 0 Å². The first-order valence-corrected chi connectivity index (χ1v) is 3.81. The Morgan fingerprint density at radius 3 is 2.75 bits per heavy atom. The lowest BCUT2D eigenvalue weighted by Crippen LogP contribution is -2.07. The van der Waals surface area contributed by atoms with Gasteiger partial charge in [0.15, 0.2) is 0 Å². The molecule has 0 atom stereocenters. The van der Waals surface area contributed by atoms with E-state index in [0.29, 0.717) is 19.6 Å². The van der Waals surface area contributed by atoms with Crippen LogP contribution >= 0.6 is 0 Å². The van der Waals surface area contributed by atoms with E-state index in [4.69, 9.17) is 4.74 Å². The predicted octanol–water partition coefficient (Wildman–Crippen LogP) is 0.231. The summed E-state index contributed by atoms with van der Waals surface area (Å²) >= 11 is 0. The fraction of sp³-hybridized carbons (Fsp3) is 0.571. The zero-order valence-corrected chi connectivity index (χ0v) is 6.93. The first-order valence-electron chi connectivity index (χ1n) is 3.81. The van der Waals surface area contributed by atoms with Gasteiger partial charge in [-0.05, 0) is 6.92 Å². The normalized spacial score (nSPS) is 9.75. The molecule has 1 heterocycles. The molecule has 0 aliphatic rings. The molecule has 0 aliphatic heterocycles. The number of hydrogen-bond donors (Lipinski definition) is 0. The molecule has 0 amide bonds. The van der Waals surface area contributed by atoms with E-state index in [1.54, 1.807) is 24.1 Å². The highest BCUT2D eigenvalue weighted by molar-refractivity contribution is 5.69. The molecule has 1 aromatic heterocycles. The van der Waals surface area contributed by atoms with Crippen molar-refractivity contribution in [1.29, 1.82) is 0 Å². The third-order valence-corrected chi connectivity index (χ3v) is 1.35. The lowest BCUT2D eigenvalue weighted by atomic mass is 10.4. The molecule has 66 valence electrons. The van der Waals surface area contributed by atoms with Crippen molar-refractivity contribution < 1.29 is 9.53 Å². The summed E-state index contributed by atoms with van der Waals surface area (Å²) in [5.74, 6) is -0.189. The topological polar surface area (TPSA) is 57.0 Å². The number of rotatable bonds is 4. The molecule has 0 aromatic carbocycles. The molecule has 0 unspecified atom stereocenters. The Bertz CT molecular complexity index is 233. The Balaban J connectivity index is 2.22. The van der Waals surface area contributed by atoms with Crippen molar-refractivity contribution in [2.24, 2.45) is 0 Å². The van der Waals surface area contributed by atoms with Crippen molar-refractivity contribution in [3.63, 3.8) is 0 Å². The van der Waals surface area contributed by atoms with Gasteiger partial charge in [-0.15, -0.1) is 10.2 Å². The van der Waals surface area contributed by atoms with Gasteiger partial charge in [0.25, 0.3) is 0 Å². The maximum atomic E-state index is 10.9. The van der Waals surface area contributed by atoms with Gasteiger partial charge in [0, 0.05) is 6.54 Å². The Morgan fingerprint density at radius 2 is 2.17 bits per heavy atom. The summed E-state index contributed by atoms with van der Waals surface area (Å²) in [6.07, 6.45) is 3.50. The van der Waals surface area contributed by atoms with Gasteiger partial charge < -0.3 is 9.30 Å². The van der Waals surface area contributed by atoms with Gasteiger partial charge in [0.05, 0.1) is 13.0 Å². The molecule has 0 fully saturated rings. The van der Waals surface area contributed by atoms with Gasteiger partial charge >= 0.3 is 5.97 Å². The van der Waals surface area contributed by atoms with Crippen LogP contribution in [0.15, 0.2) is 12.7 Å². The summed E-state index contributed by atoms with van der Waals surface area (Å²) in [6, 6.07) is 0. The molecule has 5 heteroatoms. The van der Waals surface area contributed by atoms with E-state index in [2.05, 4.69) is 10.2 Å². The number of ether oxygens (including phenoxy) is 1. The largest absolute Gasteiger partial charge is 0.466 e. The van der Waals surface area contributed by atoms with Crippen molar-refractivity contribution in [2.75, 3.05) is 6.61 Å². The van der Waals surface area contributed by atoms with E-state index in [0.717, 1.165) is 0 Å². The molecule has 0 N–H and O–H groups in total. The maximum absolute atomic E-state index is 10.9. The summed E-state index contributed by atoms with van der Waals surface area (Å²) in [5, 5.41) is 7.21. The second-order valence-corrected chi connectivity index (χ2v) is 2.25. The summed E-state index contributed by atoms with van der Waals surface area (Å²) in [5.41, 5.74) is 0. The average molecular weight is 169 g/mol. The fourth-order valence-corrected chi connectivity index (χ4v) is 0.791. The number of carbonyl (C=O) groups excluding carboxylic acids is 1. The monoisotopic (exact) mass is 169 g/mol. The Labute approximate surface area is 70.4 Å². The molecule has 0 saturated carbocycles. The SMILES string of the molecule is CCOC(=O)CCn1cnnc1. The quantitative estimate of drug-likeness (QED) is 0.605. The molecular weight excluding hydrogens is 158 g/mol. The number of aryl methyl sites for hydroxylation is 1. The van der Waals surface area contributed by atoms with Gasteiger partial charge in [0.1, 0.15) is 12.7 Å². The van der Waals surface area contributed by atoms with Crippen molar-refractivity contribution >= 4 is 5.97 Å². The second kappa shape index (κ2) is 4.48. The van der Waals surface area contributed by atoms with Crippen LogP contribution in [0, 0.1) is 0 Å². The van der Waals surface area contributed by atoms with Crippen LogP contribution in [0.4, 0.5) is 0 Å². The van der Waals surface area contributed by atoms with E-state index >= 15 is 0 Å². The third kappa shape index (κ3) is 2.69. The van der Waals surface area contributed by atoms with Crippen LogP contribution in [0.2, 0.25) is 0 Å². The molecule has 0 saturated heterocycles. The van der Waals surface area contributed by atoms with Crippen LogP contribution in [0.1, 0.15) is 13.3 Å². The summed E-state index contributed by atoms with van der Waals surface area (Å²) in [7, 11) is 0. The van der Waals surface area contributed by atoms with E-state index in [-0.39, 0.29) is 5.97 Å². The van der Waals surface area contributed by atoms with Crippen LogP contribution in [0.3, 0.4) is 0 Å². The predicted molar refractivity (Wildman–Crippen MR) is 41.3 cm³/mol. The van der Waals surface area contributed by atoms with Gasteiger partial charge in [-0.2, -0.15) is 0 Å². The standard InChI is InChI=1S/C7H11N3O2/c1-2-12-7(11)3-4-10-5-8-9-6-10/h5-6H,2-4H2,1H3. The Kier molecular flexibility index (Phi) is 3.25. The van der Waals surface area contributed by atoms with Crippen LogP contribution in [-0.4, -0.2) is 27.3 Å². The molecule has 0 spiro atoms. The molecule has 1 aromatic rings. The minimum atomic E-state index is -0.189. The summed E-state index contributed by atoms with van der Waals surface area (Å²) in [6.45, 7) is 2.80. The van der Waals surface area contributed by atoms with Gasteiger partial charge in [-0.25, -0.2) is 0 Å². The van der Waals surface area contributed by atoms with Gasteiger partial charge in [-0.1, -0.05) is 0 Å². The third-order valence-electron chi connectivity index (χ3n) is 1.35. The first kappa shape index (κ1) is 8.70. The average Bonchev–Trinajstić information content (AvgIpc) is 2.53. The molecule has 0 bridgehead atoms. The first-order chi connectivity index (χ1) is 5.83. The fourth-order valence-electron chi connectivity index (χ4n) is 0.791. The number of aromatic nitrogens is 3. The molecule has 12 heavy (non-hydrogen) atoms. The van der Waals surface area contributed by atoms with Gasteiger partial charge in [0.2, 0.25) is 0 Å². The van der Waals surface area contributed by atoms with E-state index in [9.17, 15) is 4.79 Å². The lowest BCUT2D eigenvalue weighted by molar-refractivity contribution is -0.143. The zero-order valence-electron chi connectivity index (χ0n) is 6.93. The minimum absolute atomic E-state index is 0.189. The molecular formula is C7H11N3O2. The second-order valence-electron chi connectivity index (χ2n) is 2.25. The number of esters is 1. The maximum Gasteiger partial charge on any atom is 0.307 e. The molecule has 5 nitrogen and oxygen atoms in total. The molecule has 0 radical (unpaired) electrons. The highest BCUT2D eigenvalue weighted by atomic mass is 16.5. The van der Waals surface area contributed by atoms with Crippen molar-refractivity contribution in [3.8, 4) is 0 Å². The Morgan fingerprint density at radius 1 is 1.50 bits per heavy atom. The molecule has 1 rings (SSSR count). The lowest BCUT2D eigenvalue weighted by Gasteiger charge is -2.00. The zero-order chi connectivity index (χ0) is 8.81. The van der Waals surface area contributed by atoms with Crippen LogP contribution in [0.25, 0.3) is 0 Å². The summed E-state index contributed by atoms with van der Waals surface area (Å²) in [4.78, 5) is 10.9. The van der Waals surface area contributed by atoms with E-state index < -0.39 is 0 Å². The highest BCUT2D eigenvalue weighted by Gasteiger charge is 2.00. The van der Waals surface area contributed by atoms with Crippen molar-refractivity contribution in [3.05, 3.63) is 12.7 Å². The number of nitrogens with zero attached hydrogens (tertiary/aromatic N) is 3. The highest BCUT2D eigenvalue weighted by Crippen LogP contribution is 1.91. The van der Waals surface area contributed by atoms with E-state index in [1.807, 2.05) is 0 Å². The van der Waals surface area contributed by atoms with Crippen molar-refractivity contribution in [2.45, 2.75) is 19.9 Å². The number of carbonyl (C=O) groups is 1.